The van der Waals surface area contributed by atoms with Crippen molar-refractivity contribution in [2.24, 2.45) is 5.73 Å². The highest BCUT2D eigenvalue weighted by Crippen LogP contribution is 2.36. The van der Waals surface area contributed by atoms with Crippen LogP contribution in [-0.2, 0) is 5.41 Å². The monoisotopic (exact) mass is 277 g/mol. The van der Waals surface area contributed by atoms with Crippen LogP contribution in [0.1, 0.15) is 25.1 Å². The van der Waals surface area contributed by atoms with Gasteiger partial charge in [-0.05, 0) is 41.4 Å². The van der Waals surface area contributed by atoms with E-state index in [0.29, 0.717) is 6.42 Å². The van der Waals surface area contributed by atoms with Gasteiger partial charge in [-0.1, -0.05) is 6.92 Å². The maximum Gasteiger partial charge on any atom is 0.0701 e. The average molecular weight is 278 g/mol. The molecule has 0 bridgehead atoms. The molecule has 4 heteroatoms. The Kier molecular flexibility index (Phi) is 4.13. The lowest BCUT2D eigenvalue weighted by atomic mass is 9.79. The molecule has 0 amide bonds. The van der Waals surface area contributed by atoms with Crippen molar-refractivity contribution in [1.82, 2.24) is 0 Å². The van der Waals surface area contributed by atoms with Gasteiger partial charge in [0.05, 0.1) is 3.79 Å². The largest absolute Gasteiger partial charge is 0.396 e. The van der Waals surface area contributed by atoms with E-state index in [2.05, 4.69) is 28.9 Å². The van der Waals surface area contributed by atoms with E-state index in [9.17, 15) is 0 Å². The molecule has 14 heavy (non-hydrogen) atoms. The zero-order valence-electron chi connectivity index (χ0n) is 8.46. The molecule has 0 aliphatic carbocycles. The number of aliphatic hydroxyl groups excluding tert-OH is 1. The lowest BCUT2D eigenvalue weighted by molar-refractivity contribution is 0.231. The molecule has 0 fully saturated rings. The lowest BCUT2D eigenvalue weighted by Gasteiger charge is -2.32. The Bertz CT molecular complexity index is 300. The molecule has 2 unspecified atom stereocenters. The molecule has 0 aliphatic rings. The number of halogens is 1. The minimum Gasteiger partial charge on any atom is -0.396 e. The zero-order valence-corrected chi connectivity index (χ0v) is 10.9. The topological polar surface area (TPSA) is 46.2 Å². The van der Waals surface area contributed by atoms with Gasteiger partial charge in [0, 0.05) is 22.9 Å². The Morgan fingerprint density at radius 2 is 2.29 bits per heavy atom. The third-order valence-corrected chi connectivity index (χ3v) is 4.68. The smallest absolute Gasteiger partial charge is 0.0701 e. The SMILES string of the molecule is CC(N)C(C)(CCO)c1ccc(Br)s1. The molecular weight excluding hydrogens is 262 g/mol. The van der Waals surface area contributed by atoms with Gasteiger partial charge < -0.3 is 10.8 Å². The standard InChI is InChI=1S/C10H16BrNOS/c1-7(12)10(2,5-6-13)8-3-4-9(11)14-8/h3-4,7,13H,5-6,12H2,1-2H3. The van der Waals surface area contributed by atoms with Crippen LogP contribution >= 0.6 is 27.3 Å². The first-order valence-corrected chi connectivity index (χ1v) is 6.24. The van der Waals surface area contributed by atoms with Gasteiger partial charge >= 0.3 is 0 Å². The van der Waals surface area contributed by atoms with E-state index in [1.54, 1.807) is 11.3 Å². The van der Waals surface area contributed by atoms with Gasteiger partial charge in [-0.25, -0.2) is 0 Å². The molecule has 1 heterocycles. The fourth-order valence-electron chi connectivity index (χ4n) is 1.43. The molecule has 0 saturated carbocycles. The number of thiophene rings is 1. The predicted octanol–water partition coefficient (Wildman–Crippen LogP) is 2.50. The van der Waals surface area contributed by atoms with Crippen LogP contribution in [-0.4, -0.2) is 17.8 Å². The van der Waals surface area contributed by atoms with Crippen molar-refractivity contribution in [3.05, 3.63) is 20.8 Å². The molecule has 1 rings (SSSR count). The Morgan fingerprint density at radius 1 is 1.64 bits per heavy atom. The van der Waals surface area contributed by atoms with Gasteiger partial charge in [-0.15, -0.1) is 11.3 Å². The second-order valence-corrected chi connectivity index (χ2v) is 6.25. The van der Waals surface area contributed by atoms with E-state index in [4.69, 9.17) is 10.8 Å². The number of aliphatic hydroxyl groups is 1. The minimum atomic E-state index is -0.120. The molecule has 3 N–H and O–H groups in total. The van der Waals surface area contributed by atoms with Crippen LogP contribution in [0.2, 0.25) is 0 Å². The summed E-state index contributed by atoms with van der Waals surface area (Å²) in [5, 5.41) is 9.06. The van der Waals surface area contributed by atoms with E-state index in [-0.39, 0.29) is 18.1 Å². The second kappa shape index (κ2) is 4.75. The van der Waals surface area contributed by atoms with Gasteiger partial charge in [0.25, 0.3) is 0 Å². The molecule has 1 aromatic rings. The summed E-state index contributed by atoms with van der Waals surface area (Å²) in [5.41, 5.74) is 5.86. The van der Waals surface area contributed by atoms with Crippen LogP contribution in [0, 0.1) is 0 Å². The summed E-state index contributed by atoms with van der Waals surface area (Å²) in [5.74, 6) is 0. The molecular formula is C10H16BrNOS. The van der Waals surface area contributed by atoms with Crippen LogP contribution in [0.15, 0.2) is 15.9 Å². The van der Waals surface area contributed by atoms with Crippen molar-refractivity contribution in [3.63, 3.8) is 0 Å². The molecule has 2 atom stereocenters. The molecule has 0 saturated heterocycles. The summed E-state index contributed by atoms with van der Waals surface area (Å²) in [7, 11) is 0. The highest BCUT2D eigenvalue weighted by Gasteiger charge is 2.31. The normalized spacial score (nSPS) is 17.8. The Hall–Kier alpha value is 0.1000. The maximum absolute atomic E-state index is 9.06. The number of hydrogen-bond donors (Lipinski definition) is 2. The van der Waals surface area contributed by atoms with Gasteiger partial charge in [-0.2, -0.15) is 0 Å². The molecule has 80 valence electrons. The van der Waals surface area contributed by atoms with Crippen LogP contribution in [0.25, 0.3) is 0 Å². The summed E-state index contributed by atoms with van der Waals surface area (Å²) in [6.07, 6.45) is 0.706. The van der Waals surface area contributed by atoms with Crippen LogP contribution in [0.3, 0.4) is 0 Å². The number of rotatable bonds is 4. The number of hydrogen-bond acceptors (Lipinski definition) is 3. The third kappa shape index (κ3) is 2.37. The third-order valence-electron chi connectivity index (χ3n) is 2.77. The minimum absolute atomic E-state index is 0.0419. The van der Waals surface area contributed by atoms with Crippen molar-refractivity contribution >= 4 is 27.3 Å². The van der Waals surface area contributed by atoms with Gasteiger partial charge in [0.2, 0.25) is 0 Å². The first kappa shape index (κ1) is 12.2. The van der Waals surface area contributed by atoms with Crippen molar-refractivity contribution in [2.45, 2.75) is 31.7 Å². The van der Waals surface area contributed by atoms with E-state index in [0.717, 1.165) is 3.79 Å². The Labute approximate surface area is 97.3 Å². The van der Waals surface area contributed by atoms with Gasteiger partial charge in [0.15, 0.2) is 0 Å². The highest BCUT2D eigenvalue weighted by atomic mass is 79.9. The maximum atomic E-state index is 9.06. The molecule has 0 spiro atoms. The molecule has 2 nitrogen and oxygen atoms in total. The van der Waals surface area contributed by atoms with E-state index in [1.165, 1.54) is 4.88 Å². The second-order valence-electron chi connectivity index (χ2n) is 3.78. The fraction of sp³-hybridized carbons (Fsp3) is 0.600. The van der Waals surface area contributed by atoms with Gasteiger partial charge in [0.1, 0.15) is 0 Å². The Balaban J connectivity index is 2.98. The lowest BCUT2D eigenvalue weighted by Crippen LogP contribution is -2.41. The van der Waals surface area contributed by atoms with Crippen LogP contribution in [0.4, 0.5) is 0 Å². The van der Waals surface area contributed by atoms with E-state index >= 15 is 0 Å². The predicted molar refractivity (Wildman–Crippen MR) is 64.7 cm³/mol. The molecule has 1 aromatic heterocycles. The molecule has 0 radical (unpaired) electrons. The highest BCUT2D eigenvalue weighted by molar-refractivity contribution is 9.11. The van der Waals surface area contributed by atoms with Gasteiger partial charge in [-0.3, -0.25) is 0 Å². The van der Waals surface area contributed by atoms with Crippen molar-refractivity contribution in [2.75, 3.05) is 6.61 Å². The molecule has 0 aromatic carbocycles. The van der Waals surface area contributed by atoms with E-state index in [1.807, 2.05) is 13.0 Å². The zero-order chi connectivity index (χ0) is 10.8. The summed E-state index contributed by atoms with van der Waals surface area (Å²) < 4.78 is 1.11. The summed E-state index contributed by atoms with van der Waals surface area (Å²) in [4.78, 5) is 1.23. The first-order valence-electron chi connectivity index (χ1n) is 4.63. The van der Waals surface area contributed by atoms with Crippen molar-refractivity contribution in [1.29, 1.82) is 0 Å². The average Bonchev–Trinajstić information content (AvgIpc) is 2.52. The fourth-order valence-corrected chi connectivity index (χ4v) is 3.09. The summed E-state index contributed by atoms with van der Waals surface area (Å²) in [6.45, 7) is 4.27. The quantitative estimate of drug-likeness (QED) is 0.889. The Morgan fingerprint density at radius 3 is 2.64 bits per heavy atom. The van der Waals surface area contributed by atoms with Crippen LogP contribution in [0.5, 0.6) is 0 Å². The molecule has 0 aliphatic heterocycles. The summed E-state index contributed by atoms with van der Waals surface area (Å²) >= 11 is 5.13. The van der Waals surface area contributed by atoms with E-state index < -0.39 is 0 Å². The van der Waals surface area contributed by atoms with Crippen LogP contribution < -0.4 is 5.73 Å². The van der Waals surface area contributed by atoms with Crippen molar-refractivity contribution < 1.29 is 5.11 Å². The first-order chi connectivity index (χ1) is 6.50. The van der Waals surface area contributed by atoms with Crippen molar-refractivity contribution in [3.8, 4) is 0 Å². The number of nitrogens with two attached hydrogens (primary N) is 1. The summed E-state index contributed by atoms with van der Waals surface area (Å²) in [6, 6.07) is 4.14.